The van der Waals surface area contributed by atoms with Gasteiger partial charge in [-0.25, -0.2) is 0 Å². The van der Waals surface area contributed by atoms with Crippen LogP contribution in [-0.2, 0) is 4.79 Å². The summed E-state index contributed by atoms with van der Waals surface area (Å²) in [6, 6.07) is 6.25. The van der Waals surface area contributed by atoms with Crippen LogP contribution in [0.3, 0.4) is 0 Å². The molecule has 3 nitrogen and oxygen atoms in total. The maximum absolute atomic E-state index is 12.0. The summed E-state index contributed by atoms with van der Waals surface area (Å²) < 4.78 is 3.59. The molecule has 0 fully saturated rings. The normalized spacial score (nSPS) is 22.7. The van der Waals surface area contributed by atoms with Gasteiger partial charge in [-0.2, -0.15) is 0 Å². The van der Waals surface area contributed by atoms with Gasteiger partial charge in [-0.3, -0.25) is 0 Å². The summed E-state index contributed by atoms with van der Waals surface area (Å²) in [5.74, 6) is 0.181. The Morgan fingerprint density at radius 1 is 1.35 bits per heavy atom. The quantitative estimate of drug-likeness (QED) is 0.547. The molecule has 0 N–H and O–H groups in total. The van der Waals surface area contributed by atoms with E-state index in [0.717, 1.165) is 5.32 Å². The molecule has 0 saturated heterocycles. The summed E-state index contributed by atoms with van der Waals surface area (Å²) in [5, 5.41) is 1.06. The van der Waals surface area contributed by atoms with Crippen molar-refractivity contribution in [2.24, 2.45) is 0 Å². The number of carbonyl (C=O) groups is 1. The number of hydrogen-bond acceptors (Lipinski definition) is 1. The van der Waals surface area contributed by atoms with Crippen molar-refractivity contribution in [3.63, 3.8) is 0 Å². The molecule has 0 saturated carbocycles. The zero-order valence-electron chi connectivity index (χ0n) is 9.32. The summed E-state index contributed by atoms with van der Waals surface area (Å²) in [5.41, 5.74) is 0. The third-order valence-corrected chi connectivity index (χ3v) is 5.27. The summed E-state index contributed by atoms with van der Waals surface area (Å²) in [4.78, 5) is 13.9. The predicted octanol–water partition coefficient (Wildman–Crippen LogP) is 0.536. The van der Waals surface area contributed by atoms with Gasteiger partial charge in [-0.05, 0) is 0 Å². The second-order valence-corrected chi connectivity index (χ2v) is 6.20. The van der Waals surface area contributed by atoms with E-state index in [1.807, 2.05) is 35.4 Å². The van der Waals surface area contributed by atoms with Crippen LogP contribution in [0.2, 0.25) is 5.32 Å². The van der Waals surface area contributed by atoms with Gasteiger partial charge in [0.25, 0.3) is 0 Å². The Hall–Kier alpha value is -1.38. The third kappa shape index (κ3) is 1.94. The van der Waals surface area contributed by atoms with Crippen molar-refractivity contribution in [1.29, 1.82) is 0 Å². The van der Waals surface area contributed by atoms with E-state index in [2.05, 4.69) is 22.9 Å². The van der Waals surface area contributed by atoms with Crippen LogP contribution >= 0.6 is 0 Å². The first-order valence-electron chi connectivity index (χ1n) is 5.64. The maximum atomic E-state index is 12.0. The second-order valence-electron chi connectivity index (χ2n) is 4.01. The monoisotopic (exact) mass is 293 g/mol. The molecule has 3 rings (SSSR count). The number of rotatable bonds is 1. The van der Waals surface area contributed by atoms with Gasteiger partial charge in [-0.1, -0.05) is 0 Å². The van der Waals surface area contributed by atoms with Gasteiger partial charge in [0.15, 0.2) is 0 Å². The van der Waals surface area contributed by atoms with E-state index in [-0.39, 0.29) is 12.1 Å². The molecule has 17 heavy (non-hydrogen) atoms. The average molecular weight is 292 g/mol. The fraction of sp³-hybridized carbons (Fsp3) is 0.231. The molecule has 1 aromatic rings. The Labute approximate surface area is 107 Å². The minimum atomic E-state index is 0.176. The van der Waals surface area contributed by atoms with E-state index < -0.39 is 0 Å². The number of hydrogen-bond donors (Lipinski definition) is 0. The van der Waals surface area contributed by atoms with Crippen molar-refractivity contribution in [3.8, 4) is 0 Å². The molecule has 2 aliphatic rings. The van der Waals surface area contributed by atoms with E-state index in [1.165, 1.54) is 4.59 Å². The van der Waals surface area contributed by atoms with Crippen molar-refractivity contribution in [1.82, 2.24) is 4.90 Å². The first-order valence-corrected chi connectivity index (χ1v) is 7.70. The van der Waals surface area contributed by atoms with Crippen molar-refractivity contribution in [2.75, 3.05) is 0 Å². The zero-order valence-corrected chi connectivity index (χ0v) is 11.0. The molecule has 3 heterocycles. The van der Waals surface area contributed by atoms with Crippen LogP contribution in [0, 0.1) is 0 Å². The number of aromatic nitrogens is 1. The molecule has 1 unspecified atom stereocenters. The van der Waals surface area contributed by atoms with Gasteiger partial charge in [0, 0.05) is 0 Å². The van der Waals surface area contributed by atoms with Gasteiger partial charge >= 0.3 is 106 Å². The van der Waals surface area contributed by atoms with Crippen molar-refractivity contribution in [2.45, 2.75) is 17.9 Å². The molecule has 1 amide bonds. The van der Waals surface area contributed by atoms with Crippen LogP contribution in [-0.4, -0.2) is 25.8 Å². The molecular weight excluding hydrogens is 279 g/mol. The van der Waals surface area contributed by atoms with Crippen LogP contribution in [0.5, 0.6) is 0 Å². The second kappa shape index (κ2) is 4.47. The van der Waals surface area contributed by atoms with Gasteiger partial charge in [0.05, 0.1) is 0 Å². The van der Waals surface area contributed by atoms with E-state index in [4.69, 9.17) is 0 Å². The molecule has 0 spiro atoms. The van der Waals surface area contributed by atoms with Gasteiger partial charge < -0.3 is 0 Å². The number of carbonyl (C=O) groups excluding carboxylic acids is 1. The summed E-state index contributed by atoms with van der Waals surface area (Å²) in [6.07, 6.45) is 10.5. The summed E-state index contributed by atoms with van der Waals surface area (Å²) in [7, 11) is 0. The zero-order chi connectivity index (χ0) is 11.7. The van der Waals surface area contributed by atoms with Crippen molar-refractivity contribution >= 4 is 25.5 Å². The van der Waals surface area contributed by atoms with Crippen LogP contribution < -0.4 is 9.16 Å². The number of pyridine rings is 1. The van der Waals surface area contributed by atoms with Crippen LogP contribution in [0.15, 0.2) is 48.8 Å². The Bertz CT molecular complexity index is 510. The first-order chi connectivity index (χ1) is 8.36. The van der Waals surface area contributed by atoms with Gasteiger partial charge in [0.1, 0.15) is 0 Å². The molecule has 2 aliphatic heterocycles. The minimum absolute atomic E-state index is 0.176. The molecule has 0 aromatic carbocycles. The van der Waals surface area contributed by atoms with Crippen molar-refractivity contribution < 1.29 is 9.36 Å². The Kier molecular flexibility index (Phi) is 2.83. The standard InChI is InChI=1S/C13H13N2OSe/c16-12-6-2-1-4-8-14(12)11-10-17-13-7-3-5-9-15(11)13/h1-5,7-9,11H,6,10H2/q+1. The van der Waals surface area contributed by atoms with Crippen LogP contribution in [0.1, 0.15) is 12.6 Å². The molecular formula is C13H13N2OSe+. The fourth-order valence-corrected chi connectivity index (χ4v) is 4.51. The van der Waals surface area contributed by atoms with Gasteiger partial charge in [0.2, 0.25) is 0 Å². The van der Waals surface area contributed by atoms with E-state index >= 15 is 0 Å². The van der Waals surface area contributed by atoms with Crippen LogP contribution in [0.25, 0.3) is 0 Å². The molecule has 86 valence electrons. The Balaban J connectivity index is 1.94. The average Bonchev–Trinajstić information content (AvgIpc) is 2.66. The summed E-state index contributed by atoms with van der Waals surface area (Å²) >= 11 is 0.472. The third-order valence-electron chi connectivity index (χ3n) is 2.95. The predicted molar refractivity (Wildman–Crippen MR) is 65.6 cm³/mol. The molecule has 0 aliphatic carbocycles. The van der Waals surface area contributed by atoms with Crippen LogP contribution in [0.4, 0.5) is 0 Å². The Morgan fingerprint density at radius 3 is 3.24 bits per heavy atom. The first kappa shape index (κ1) is 10.8. The topological polar surface area (TPSA) is 24.2 Å². The molecule has 0 bridgehead atoms. The number of fused-ring (bicyclic) bond motifs is 1. The summed E-state index contributed by atoms with van der Waals surface area (Å²) in [6.45, 7) is 0. The SMILES string of the molecule is O=C1CC=CC=CN1C1C[Se]c2cccc[n+]21. The number of nitrogens with zero attached hydrogens (tertiary/aromatic N) is 2. The van der Waals surface area contributed by atoms with E-state index in [9.17, 15) is 4.79 Å². The molecule has 4 heteroatoms. The van der Waals surface area contributed by atoms with E-state index in [1.54, 1.807) is 0 Å². The van der Waals surface area contributed by atoms with Crippen molar-refractivity contribution in [3.05, 3.63) is 48.8 Å². The Morgan fingerprint density at radius 2 is 2.29 bits per heavy atom. The number of allylic oxidation sites excluding steroid dienone is 2. The molecule has 1 aromatic heterocycles. The number of amides is 1. The fourth-order valence-electron chi connectivity index (χ4n) is 2.11. The van der Waals surface area contributed by atoms with Gasteiger partial charge in [-0.15, -0.1) is 0 Å². The molecule has 1 atom stereocenters. The van der Waals surface area contributed by atoms with E-state index in [0.29, 0.717) is 21.4 Å². The molecule has 0 radical (unpaired) electrons.